The van der Waals surface area contributed by atoms with Crippen LogP contribution in [0.4, 0.5) is 0 Å². The van der Waals surface area contributed by atoms with Gasteiger partial charge in [-0.1, -0.05) is 35.4 Å². The van der Waals surface area contributed by atoms with Gasteiger partial charge in [0.05, 0.1) is 79.2 Å². The molecule has 0 saturated carbocycles. The molecule has 8 atom stereocenters. The molecule has 0 aliphatic heterocycles. The van der Waals surface area contributed by atoms with Gasteiger partial charge in [0.2, 0.25) is 0 Å². The lowest BCUT2D eigenvalue weighted by Crippen LogP contribution is -2.32. The number of hydrogen-bond acceptors (Lipinski definition) is 20. The molecule has 4 N–H and O–H groups in total. The van der Waals surface area contributed by atoms with Gasteiger partial charge in [0.1, 0.15) is 46.7 Å². The second-order valence-corrected chi connectivity index (χ2v) is 13.4. The number of carbonyl (C=O) groups is 8. The number of ether oxygens (including phenoxy) is 8. The lowest BCUT2D eigenvalue weighted by Gasteiger charge is -2.21. The number of fused-ring (bicyclic) bond motifs is 2. The van der Waals surface area contributed by atoms with Crippen LogP contribution in [0, 0.1) is 61.2 Å². The van der Waals surface area contributed by atoms with E-state index in [-0.39, 0.29) is 0 Å². The van der Waals surface area contributed by atoms with Crippen molar-refractivity contribution >= 4 is 47.8 Å². The third-order valence-corrected chi connectivity index (χ3v) is 10.5. The van der Waals surface area contributed by atoms with Gasteiger partial charge in [-0.3, -0.25) is 19.2 Å². The fourth-order valence-corrected chi connectivity index (χ4v) is 7.83. The minimum atomic E-state index is -1.50. The highest BCUT2D eigenvalue weighted by molar-refractivity contribution is 6.01. The smallest absolute Gasteiger partial charge is 0.337 e. The summed E-state index contributed by atoms with van der Waals surface area (Å²) in [5, 5.41) is 41.8. The Hall–Kier alpha value is -6.86. The second kappa shape index (κ2) is 19.7. The molecule has 0 fully saturated rings. The first-order valence-electron chi connectivity index (χ1n) is 17.7. The van der Waals surface area contributed by atoms with E-state index in [9.17, 15) is 58.8 Å². The molecule has 0 radical (unpaired) electrons. The topological polar surface area (TPSA) is 291 Å². The molecule has 0 unspecified atom stereocenters. The highest BCUT2D eigenvalue weighted by atomic mass is 16.6. The molecule has 5 rings (SSSR count). The number of rotatable bonds is 8. The molecule has 4 aliphatic rings. The van der Waals surface area contributed by atoms with Crippen LogP contribution >= 0.6 is 0 Å². The van der Waals surface area contributed by atoms with Crippen LogP contribution in [0.3, 0.4) is 0 Å². The SMILES string of the molecule is COC(=O)C1=C(O)[C@@H](C(=O)OC)[C@@H]2C(C(=O)OC)=C(O)[C@@H](C(=O)OC)[C@H]12.COC(=O)C1=C(O)[C@H](C(=O)OC)[C@H]2C(C(=O)OC)=C(O)[C@H](C(=O)OC)[C@@H]12.Cc1ccc(C)cc1. The van der Waals surface area contributed by atoms with Gasteiger partial charge in [-0.05, 0) is 13.8 Å². The van der Waals surface area contributed by atoms with E-state index in [2.05, 4.69) is 76.0 Å². The minimum Gasteiger partial charge on any atom is -0.511 e. The van der Waals surface area contributed by atoms with Crippen molar-refractivity contribution in [2.45, 2.75) is 13.8 Å². The van der Waals surface area contributed by atoms with Crippen LogP contribution in [-0.2, 0) is 76.3 Å². The highest BCUT2D eigenvalue weighted by Gasteiger charge is 2.64. The molecular weight excluding hydrogens is 800 g/mol. The monoisotopic (exact) mass is 846 g/mol. The quantitative estimate of drug-likeness (QED) is 0.215. The first kappa shape index (κ1) is 47.5. The lowest BCUT2D eigenvalue weighted by atomic mass is 9.81. The van der Waals surface area contributed by atoms with Gasteiger partial charge in [0.25, 0.3) is 0 Å². The first-order valence-corrected chi connectivity index (χ1v) is 17.7. The maximum absolute atomic E-state index is 12.2. The van der Waals surface area contributed by atoms with E-state index in [1.54, 1.807) is 0 Å². The van der Waals surface area contributed by atoms with Crippen molar-refractivity contribution in [3.8, 4) is 0 Å². The molecule has 1 aromatic rings. The number of aliphatic hydroxyl groups is 4. The number of esters is 8. The molecule has 20 heteroatoms. The van der Waals surface area contributed by atoms with E-state index in [0.717, 1.165) is 56.9 Å². The summed E-state index contributed by atoms with van der Waals surface area (Å²) in [5.41, 5.74) is 1.02. The molecule has 0 spiro atoms. The van der Waals surface area contributed by atoms with Gasteiger partial charge in [0, 0.05) is 23.7 Å². The maximum Gasteiger partial charge on any atom is 0.337 e. The van der Waals surface area contributed by atoms with Crippen molar-refractivity contribution in [3.63, 3.8) is 0 Å². The van der Waals surface area contributed by atoms with Crippen LogP contribution < -0.4 is 0 Å². The van der Waals surface area contributed by atoms with Crippen LogP contribution in [0.15, 0.2) is 69.6 Å². The average molecular weight is 847 g/mol. The number of hydrogen-bond donors (Lipinski definition) is 4. The fourth-order valence-electron chi connectivity index (χ4n) is 7.83. The van der Waals surface area contributed by atoms with Crippen LogP contribution in [0.2, 0.25) is 0 Å². The van der Waals surface area contributed by atoms with Crippen molar-refractivity contribution in [2.75, 3.05) is 56.9 Å². The van der Waals surface area contributed by atoms with Gasteiger partial charge >= 0.3 is 47.8 Å². The summed E-state index contributed by atoms with van der Waals surface area (Å²) < 4.78 is 37.0. The molecule has 1 aromatic carbocycles. The zero-order chi connectivity index (χ0) is 45.5. The Morgan fingerprint density at radius 3 is 0.650 bits per heavy atom. The Morgan fingerprint density at radius 2 is 0.517 bits per heavy atom. The predicted molar refractivity (Wildman–Crippen MR) is 199 cm³/mol. The summed E-state index contributed by atoms with van der Waals surface area (Å²) in [4.78, 5) is 97.5. The molecule has 20 nitrogen and oxygen atoms in total. The standard InChI is InChI=1S/2C16H18O10.C8H10/c2*1-23-13(19)7-5-6(9(11(7)17)15(21)25-3)10(16(22)26-4)12(18)8(5)14(20)24-2;1-7-3-5-8(2)6-4-7/h2*5-7,10,17-18H,1-4H3;3-6H,1-2H3/t2*5-,6+,7+,10+;/m10./s1. The molecule has 0 amide bonds. The third-order valence-electron chi connectivity index (χ3n) is 10.5. The molecular formula is C40H46O20. The molecule has 60 heavy (non-hydrogen) atoms. The van der Waals surface area contributed by atoms with Gasteiger partial charge in [0.15, 0.2) is 0 Å². The number of aryl methyl sites for hydroxylation is 2. The van der Waals surface area contributed by atoms with E-state index >= 15 is 0 Å². The summed E-state index contributed by atoms with van der Waals surface area (Å²) >= 11 is 0. The fraction of sp³-hybridized carbons (Fsp3) is 0.450. The van der Waals surface area contributed by atoms with Crippen molar-refractivity contribution in [3.05, 3.63) is 80.7 Å². The summed E-state index contributed by atoms with van der Waals surface area (Å²) in [7, 11) is 8.37. The van der Waals surface area contributed by atoms with Crippen molar-refractivity contribution in [2.24, 2.45) is 47.3 Å². The largest absolute Gasteiger partial charge is 0.511 e. The maximum atomic E-state index is 12.2. The molecule has 0 saturated heterocycles. The molecule has 326 valence electrons. The molecule has 0 bridgehead atoms. The summed E-state index contributed by atoms with van der Waals surface area (Å²) in [6.45, 7) is 4.19. The van der Waals surface area contributed by atoms with Gasteiger partial charge in [-0.25, -0.2) is 19.2 Å². The number of benzene rings is 1. The summed E-state index contributed by atoms with van der Waals surface area (Å²) in [6.07, 6.45) is 0. The number of carbonyl (C=O) groups excluding carboxylic acids is 8. The Labute approximate surface area is 342 Å². The second-order valence-electron chi connectivity index (χ2n) is 13.4. The molecule has 4 aliphatic carbocycles. The van der Waals surface area contributed by atoms with E-state index < -0.39 is 140 Å². The average Bonchev–Trinajstić information content (AvgIpc) is 3.90. The predicted octanol–water partition coefficient (Wildman–Crippen LogP) is 1.89. The van der Waals surface area contributed by atoms with E-state index in [0.29, 0.717) is 0 Å². The Bertz CT molecular complexity index is 1780. The number of methoxy groups -OCH3 is 8. The first-order chi connectivity index (χ1) is 28.3. The Balaban J connectivity index is 0.000000270. The zero-order valence-corrected chi connectivity index (χ0v) is 34.2. The van der Waals surface area contributed by atoms with Gasteiger partial charge in [-0.2, -0.15) is 0 Å². The van der Waals surface area contributed by atoms with Crippen LogP contribution in [0.5, 0.6) is 0 Å². The van der Waals surface area contributed by atoms with Crippen molar-refractivity contribution in [1.82, 2.24) is 0 Å². The number of aliphatic hydroxyl groups excluding tert-OH is 4. The molecule has 0 aromatic heterocycles. The Morgan fingerprint density at radius 1 is 0.350 bits per heavy atom. The highest BCUT2D eigenvalue weighted by Crippen LogP contribution is 2.57. The van der Waals surface area contributed by atoms with E-state index in [1.165, 1.54) is 11.1 Å². The van der Waals surface area contributed by atoms with Crippen LogP contribution in [-0.4, -0.2) is 125 Å². The van der Waals surface area contributed by atoms with Crippen LogP contribution in [0.1, 0.15) is 11.1 Å². The summed E-state index contributed by atoms with van der Waals surface area (Å²) in [5.74, 6) is -21.7. The van der Waals surface area contributed by atoms with Gasteiger partial charge < -0.3 is 58.3 Å². The van der Waals surface area contributed by atoms with Crippen molar-refractivity contribution in [1.29, 1.82) is 0 Å². The van der Waals surface area contributed by atoms with E-state index in [1.807, 2.05) is 0 Å². The van der Waals surface area contributed by atoms with Crippen molar-refractivity contribution < 1.29 is 96.7 Å². The van der Waals surface area contributed by atoms with Crippen LogP contribution in [0.25, 0.3) is 0 Å². The Kier molecular flexibility index (Phi) is 15.6. The van der Waals surface area contributed by atoms with E-state index in [4.69, 9.17) is 0 Å². The molecule has 0 heterocycles. The minimum absolute atomic E-state index is 0.409. The van der Waals surface area contributed by atoms with Gasteiger partial charge in [-0.15, -0.1) is 0 Å². The normalized spacial score (nSPS) is 24.7. The zero-order valence-electron chi connectivity index (χ0n) is 34.2. The summed E-state index contributed by atoms with van der Waals surface area (Å²) in [6, 6.07) is 8.48. The third kappa shape index (κ3) is 8.48. The lowest BCUT2D eigenvalue weighted by molar-refractivity contribution is -0.150.